The van der Waals surface area contributed by atoms with E-state index in [0.717, 1.165) is 34.1 Å². The molecule has 3 nitrogen and oxygen atoms in total. The van der Waals surface area contributed by atoms with Gasteiger partial charge in [-0.2, -0.15) is 0 Å². The van der Waals surface area contributed by atoms with Crippen LogP contribution in [0.25, 0.3) is 22.6 Å². The van der Waals surface area contributed by atoms with Crippen LogP contribution in [-0.4, -0.2) is 7.11 Å². The number of furan rings is 1. The number of fused-ring (bicyclic) bond motifs is 1. The normalized spacial score (nSPS) is 16.2. The predicted octanol–water partition coefficient (Wildman–Crippen LogP) is 10.3. The van der Waals surface area contributed by atoms with Gasteiger partial charge in [-0.3, -0.25) is 0 Å². The first-order valence-electron chi connectivity index (χ1n) is 14.7. The molecule has 0 fully saturated rings. The minimum absolute atomic E-state index is 0.0120. The summed E-state index contributed by atoms with van der Waals surface area (Å²) in [6.45, 7) is 2.25. The van der Waals surface area contributed by atoms with Crippen LogP contribution in [0.4, 0.5) is 5.69 Å². The minimum atomic E-state index is -0.148. The maximum absolute atomic E-state index is 7.09. The van der Waals surface area contributed by atoms with Crippen molar-refractivity contribution in [1.29, 1.82) is 0 Å². The van der Waals surface area contributed by atoms with Gasteiger partial charge >= 0.3 is 0 Å². The van der Waals surface area contributed by atoms with Gasteiger partial charge in [0, 0.05) is 40.1 Å². The first kappa shape index (κ1) is 26.6. The highest BCUT2D eigenvalue weighted by atomic mass is 16.5. The molecule has 0 bridgehead atoms. The van der Waals surface area contributed by atoms with Gasteiger partial charge in [-0.15, -0.1) is 0 Å². The second-order valence-corrected chi connectivity index (χ2v) is 11.0. The van der Waals surface area contributed by atoms with Gasteiger partial charge in [0.25, 0.3) is 0 Å². The molecule has 43 heavy (non-hydrogen) atoms. The Morgan fingerprint density at radius 2 is 1.05 bits per heavy atom. The van der Waals surface area contributed by atoms with Gasteiger partial charge in [-0.05, 0) is 47.9 Å². The van der Waals surface area contributed by atoms with Crippen molar-refractivity contribution in [3.8, 4) is 28.4 Å². The number of benzene rings is 5. The van der Waals surface area contributed by atoms with Crippen LogP contribution in [0.5, 0.6) is 5.75 Å². The van der Waals surface area contributed by atoms with Gasteiger partial charge in [-0.25, -0.2) is 0 Å². The lowest BCUT2D eigenvalue weighted by Gasteiger charge is -2.31. The van der Waals surface area contributed by atoms with E-state index in [0.29, 0.717) is 0 Å². The third-order valence-electron chi connectivity index (χ3n) is 8.31. The van der Waals surface area contributed by atoms with Crippen molar-refractivity contribution in [2.24, 2.45) is 0 Å². The molecule has 1 aliphatic rings. The predicted molar refractivity (Wildman–Crippen MR) is 175 cm³/mol. The summed E-state index contributed by atoms with van der Waals surface area (Å²) in [5, 5.41) is 0. The lowest BCUT2D eigenvalue weighted by atomic mass is 9.80. The van der Waals surface area contributed by atoms with Crippen LogP contribution in [0.2, 0.25) is 0 Å². The van der Waals surface area contributed by atoms with E-state index < -0.39 is 0 Å². The monoisotopic (exact) mass is 559 g/mol. The molecule has 2 heterocycles. The van der Waals surface area contributed by atoms with Crippen LogP contribution in [-0.2, 0) is 0 Å². The Bertz CT molecular complexity index is 1840. The topological polar surface area (TPSA) is 25.6 Å². The molecule has 0 N–H and O–H groups in total. The first-order chi connectivity index (χ1) is 21.2. The van der Waals surface area contributed by atoms with Gasteiger partial charge in [0.05, 0.1) is 13.2 Å². The molecule has 7 rings (SSSR count). The van der Waals surface area contributed by atoms with Crippen molar-refractivity contribution in [2.75, 3.05) is 12.0 Å². The second kappa shape index (κ2) is 11.5. The summed E-state index contributed by atoms with van der Waals surface area (Å²) in [4.78, 5) is 2.41. The van der Waals surface area contributed by atoms with E-state index in [2.05, 4.69) is 151 Å². The average Bonchev–Trinajstić information content (AvgIpc) is 3.39. The fraction of sp³-hybridized carbons (Fsp3) is 0.100. The maximum Gasteiger partial charge on any atom is 0.140 e. The smallest absolute Gasteiger partial charge is 0.140 e. The summed E-state index contributed by atoms with van der Waals surface area (Å²) in [6.07, 6.45) is 2.33. The molecule has 0 saturated carbocycles. The molecular formula is C40H33NO2. The van der Waals surface area contributed by atoms with Crippen molar-refractivity contribution in [2.45, 2.75) is 18.9 Å². The lowest BCUT2D eigenvalue weighted by molar-refractivity contribution is 0.415. The van der Waals surface area contributed by atoms with Crippen LogP contribution >= 0.6 is 0 Å². The zero-order valence-corrected chi connectivity index (χ0v) is 24.4. The Kier molecular flexibility index (Phi) is 7.14. The Balaban J connectivity index is 1.61. The number of rotatable bonds is 6. The van der Waals surface area contributed by atoms with Crippen molar-refractivity contribution in [1.82, 2.24) is 0 Å². The number of allylic oxidation sites excluding steroid dienone is 1. The third-order valence-corrected chi connectivity index (χ3v) is 8.31. The SMILES string of the molecule is COc1ccc(N2C=C(C)[C@H](c3ccccc3)c3c(-c4ccccc4)oc(-c4ccccc4)c3[C@H]2c2ccccc2)cc1. The minimum Gasteiger partial charge on any atom is -0.497 e. The molecule has 0 radical (unpaired) electrons. The molecule has 5 aromatic carbocycles. The van der Waals surface area contributed by atoms with Crippen LogP contribution in [0.15, 0.2) is 162 Å². The summed E-state index contributed by atoms with van der Waals surface area (Å²) in [5.74, 6) is 2.62. The van der Waals surface area contributed by atoms with Gasteiger partial charge < -0.3 is 14.1 Å². The Labute approximate surface area is 253 Å². The van der Waals surface area contributed by atoms with E-state index in [4.69, 9.17) is 9.15 Å². The molecule has 6 aromatic rings. The molecular weight excluding hydrogens is 526 g/mol. The number of hydrogen-bond donors (Lipinski definition) is 0. The first-order valence-corrected chi connectivity index (χ1v) is 14.7. The van der Waals surface area contributed by atoms with Crippen molar-refractivity contribution in [3.63, 3.8) is 0 Å². The molecule has 210 valence electrons. The van der Waals surface area contributed by atoms with Crippen LogP contribution in [0.3, 0.4) is 0 Å². The standard InChI is InChI=1S/C40H33NO2/c1-28-27-41(33-23-25-34(42-2)26-24-33)38(30-17-9-4-10-18-30)37-36(35(28)29-15-7-3-8-16-29)39(31-19-11-5-12-20-31)43-40(37)32-21-13-6-14-22-32/h3-27,35,38H,1-2H3/t35-,38-/m1/s1. The molecule has 0 aliphatic carbocycles. The van der Waals surface area contributed by atoms with Gasteiger partial charge in [0.2, 0.25) is 0 Å². The molecule has 3 heteroatoms. The number of ether oxygens (including phenoxy) is 1. The zero-order chi connectivity index (χ0) is 29.2. The van der Waals surface area contributed by atoms with E-state index >= 15 is 0 Å². The highest BCUT2D eigenvalue weighted by Gasteiger charge is 2.39. The van der Waals surface area contributed by atoms with Gasteiger partial charge in [0.15, 0.2) is 0 Å². The molecule has 0 saturated heterocycles. The van der Waals surface area contributed by atoms with Gasteiger partial charge in [-0.1, -0.05) is 121 Å². The molecule has 1 aliphatic heterocycles. The highest BCUT2D eigenvalue weighted by molar-refractivity contribution is 5.79. The second-order valence-electron chi connectivity index (χ2n) is 11.0. The van der Waals surface area contributed by atoms with E-state index in [1.165, 1.54) is 27.8 Å². The summed E-state index contributed by atoms with van der Waals surface area (Å²) in [7, 11) is 1.71. The van der Waals surface area contributed by atoms with E-state index in [-0.39, 0.29) is 12.0 Å². The fourth-order valence-electron chi connectivity index (χ4n) is 6.37. The number of hydrogen-bond acceptors (Lipinski definition) is 3. The largest absolute Gasteiger partial charge is 0.497 e. The Morgan fingerprint density at radius 1 is 0.558 bits per heavy atom. The fourth-order valence-corrected chi connectivity index (χ4v) is 6.37. The maximum atomic E-state index is 7.09. The molecule has 2 atom stereocenters. The summed E-state index contributed by atoms with van der Waals surface area (Å²) in [5.41, 5.74) is 9.24. The van der Waals surface area contributed by atoms with Crippen LogP contribution in [0.1, 0.15) is 41.1 Å². The highest BCUT2D eigenvalue weighted by Crippen LogP contribution is 2.53. The average molecular weight is 560 g/mol. The molecule has 0 unspecified atom stereocenters. The summed E-state index contributed by atoms with van der Waals surface area (Å²) in [6, 6.07) is 50.8. The van der Waals surface area contributed by atoms with Crippen molar-refractivity contribution < 1.29 is 9.15 Å². The zero-order valence-electron chi connectivity index (χ0n) is 24.4. The molecule has 0 amide bonds. The Morgan fingerprint density at radius 3 is 1.58 bits per heavy atom. The Hall–Kier alpha value is -5.28. The van der Waals surface area contributed by atoms with Crippen molar-refractivity contribution >= 4 is 5.69 Å². The summed E-state index contributed by atoms with van der Waals surface area (Å²) >= 11 is 0. The van der Waals surface area contributed by atoms with Crippen LogP contribution < -0.4 is 9.64 Å². The molecule has 0 spiro atoms. The number of anilines is 1. The molecule has 1 aromatic heterocycles. The summed E-state index contributed by atoms with van der Waals surface area (Å²) < 4.78 is 12.6. The van der Waals surface area contributed by atoms with Gasteiger partial charge in [0.1, 0.15) is 17.3 Å². The van der Waals surface area contributed by atoms with E-state index in [1.54, 1.807) is 7.11 Å². The quantitative estimate of drug-likeness (QED) is 0.203. The number of nitrogens with zero attached hydrogens (tertiary/aromatic N) is 1. The number of methoxy groups -OCH3 is 1. The third kappa shape index (κ3) is 4.93. The van der Waals surface area contributed by atoms with E-state index in [9.17, 15) is 0 Å². The lowest BCUT2D eigenvalue weighted by Crippen LogP contribution is -2.24. The van der Waals surface area contributed by atoms with Crippen molar-refractivity contribution in [3.05, 3.63) is 180 Å². The van der Waals surface area contributed by atoms with E-state index in [1.807, 2.05) is 12.1 Å². The van der Waals surface area contributed by atoms with Crippen LogP contribution in [0, 0.1) is 0 Å².